The van der Waals surface area contributed by atoms with E-state index in [0.717, 1.165) is 19.3 Å². The second-order valence-corrected chi connectivity index (χ2v) is 4.56. The van der Waals surface area contributed by atoms with E-state index in [0.29, 0.717) is 22.8 Å². The summed E-state index contributed by atoms with van der Waals surface area (Å²) in [5.74, 6) is 6.42. The Morgan fingerprint density at radius 1 is 1.39 bits per heavy atom. The van der Waals surface area contributed by atoms with Gasteiger partial charge in [-0.1, -0.05) is 43.2 Å². The summed E-state index contributed by atoms with van der Waals surface area (Å²) in [6.45, 7) is 2.13. The minimum atomic E-state index is -0.583. The molecule has 1 N–H and O–H groups in total. The van der Waals surface area contributed by atoms with Gasteiger partial charge < -0.3 is 9.84 Å². The number of benzene rings is 1. The van der Waals surface area contributed by atoms with Gasteiger partial charge in [-0.15, -0.1) is 0 Å². The van der Waals surface area contributed by atoms with Crippen molar-refractivity contribution in [1.82, 2.24) is 0 Å². The highest BCUT2D eigenvalue weighted by Gasteiger charge is 2.02. The monoisotopic (exact) mass is 266 g/mol. The predicted octanol–water partition coefficient (Wildman–Crippen LogP) is 3.64. The van der Waals surface area contributed by atoms with Crippen molar-refractivity contribution >= 4 is 11.6 Å². The standard InChI is InChI=1S/C15H19ClO2/c1-3-4-5-6-14(17)9-7-12-11-13(16)8-10-15(12)18-2/h8,10-11,14,17H,3-6H2,1-2H3. The largest absolute Gasteiger partial charge is 0.495 e. The van der Waals surface area contributed by atoms with Crippen LogP contribution in [0.3, 0.4) is 0 Å². The zero-order chi connectivity index (χ0) is 13.4. The first-order valence-corrected chi connectivity index (χ1v) is 6.58. The van der Waals surface area contributed by atoms with Gasteiger partial charge >= 0.3 is 0 Å². The molecule has 0 saturated carbocycles. The first kappa shape index (κ1) is 14.9. The summed E-state index contributed by atoms with van der Waals surface area (Å²) in [6.07, 6.45) is 3.39. The first-order chi connectivity index (χ1) is 8.67. The molecule has 1 rings (SSSR count). The van der Waals surface area contributed by atoms with E-state index >= 15 is 0 Å². The maximum atomic E-state index is 9.72. The second kappa shape index (κ2) is 8.02. The highest BCUT2D eigenvalue weighted by atomic mass is 35.5. The summed E-state index contributed by atoms with van der Waals surface area (Å²) in [7, 11) is 1.59. The van der Waals surface area contributed by atoms with Crippen molar-refractivity contribution in [3.8, 4) is 17.6 Å². The Labute approximate surface area is 114 Å². The molecule has 0 bridgehead atoms. The van der Waals surface area contributed by atoms with Gasteiger partial charge in [0, 0.05) is 5.02 Å². The third-order valence-electron chi connectivity index (χ3n) is 2.62. The predicted molar refractivity (Wildman–Crippen MR) is 75.0 cm³/mol. The van der Waals surface area contributed by atoms with Crippen LogP contribution >= 0.6 is 11.6 Å². The summed E-state index contributed by atoms with van der Waals surface area (Å²) in [4.78, 5) is 0. The SMILES string of the molecule is CCCCCC(O)C#Cc1cc(Cl)ccc1OC. The Bertz CT molecular complexity index is 432. The number of aliphatic hydroxyl groups is 1. The van der Waals surface area contributed by atoms with Crippen LogP contribution in [0.15, 0.2) is 18.2 Å². The summed E-state index contributed by atoms with van der Waals surface area (Å²) in [5.41, 5.74) is 0.708. The van der Waals surface area contributed by atoms with Crippen LogP contribution in [-0.4, -0.2) is 18.3 Å². The fourth-order valence-electron chi connectivity index (χ4n) is 1.60. The lowest BCUT2D eigenvalue weighted by Crippen LogP contribution is -2.02. The van der Waals surface area contributed by atoms with Gasteiger partial charge in [-0.25, -0.2) is 0 Å². The molecule has 0 fully saturated rings. The van der Waals surface area contributed by atoms with Gasteiger partial charge in [0.25, 0.3) is 0 Å². The van der Waals surface area contributed by atoms with Crippen molar-refractivity contribution < 1.29 is 9.84 Å². The number of halogens is 1. The van der Waals surface area contributed by atoms with Crippen molar-refractivity contribution in [3.05, 3.63) is 28.8 Å². The average molecular weight is 267 g/mol. The zero-order valence-electron chi connectivity index (χ0n) is 10.9. The summed E-state index contributed by atoms with van der Waals surface area (Å²) < 4.78 is 5.19. The minimum absolute atomic E-state index is 0.583. The number of hydrogen-bond donors (Lipinski definition) is 1. The molecule has 1 aromatic rings. The molecule has 3 heteroatoms. The average Bonchev–Trinajstić information content (AvgIpc) is 2.37. The van der Waals surface area contributed by atoms with Gasteiger partial charge in [0.05, 0.1) is 12.7 Å². The summed E-state index contributed by atoms with van der Waals surface area (Å²) in [5, 5.41) is 10.3. The highest BCUT2D eigenvalue weighted by molar-refractivity contribution is 6.30. The molecule has 1 aromatic carbocycles. The van der Waals surface area contributed by atoms with Gasteiger partial charge in [0.1, 0.15) is 11.9 Å². The van der Waals surface area contributed by atoms with Crippen LogP contribution in [0.4, 0.5) is 0 Å². The second-order valence-electron chi connectivity index (χ2n) is 4.13. The molecule has 98 valence electrons. The fraction of sp³-hybridized carbons (Fsp3) is 0.467. The number of ether oxygens (including phenoxy) is 1. The zero-order valence-corrected chi connectivity index (χ0v) is 11.6. The van der Waals surface area contributed by atoms with Crippen molar-refractivity contribution in [2.75, 3.05) is 7.11 Å². The molecular weight excluding hydrogens is 248 g/mol. The van der Waals surface area contributed by atoms with Crippen LogP contribution in [0.25, 0.3) is 0 Å². The molecule has 0 heterocycles. The maximum Gasteiger partial charge on any atom is 0.134 e. The lowest BCUT2D eigenvalue weighted by molar-refractivity contribution is 0.217. The van der Waals surface area contributed by atoms with Crippen LogP contribution in [0.1, 0.15) is 38.2 Å². The molecule has 18 heavy (non-hydrogen) atoms. The van der Waals surface area contributed by atoms with Crippen LogP contribution in [0, 0.1) is 11.8 Å². The Hall–Kier alpha value is -1.17. The smallest absolute Gasteiger partial charge is 0.134 e. The number of rotatable bonds is 5. The van der Waals surface area contributed by atoms with E-state index in [1.807, 2.05) is 0 Å². The normalized spacial score (nSPS) is 11.6. The van der Waals surface area contributed by atoms with E-state index in [4.69, 9.17) is 16.3 Å². The van der Waals surface area contributed by atoms with Crippen LogP contribution in [-0.2, 0) is 0 Å². The minimum Gasteiger partial charge on any atom is -0.495 e. The summed E-state index contributed by atoms with van der Waals surface area (Å²) in [6, 6.07) is 5.27. The number of unbranched alkanes of at least 4 members (excludes halogenated alkanes) is 2. The van der Waals surface area contributed by atoms with Gasteiger partial charge in [-0.2, -0.15) is 0 Å². The third-order valence-corrected chi connectivity index (χ3v) is 2.85. The molecule has 0 spiro atoms. The first-order valence-electron chi connectivity index (χ1n) is 6.20. The Morgan fingerprint density at radius 2 is 2.17 bits per heavy atom. The van der Waals surface area contributed by atoms with Crippen molar-refractivity contribution in [1.29, 1.82) is 0 Å². The van der Waals surface area contributed by atoms with Crippen molar-refractivity contribution in [2.24, 2.45) is 0 Å². The molecule has 0 amide bonds. The molecular formula is C15H19ClO2. The van der Waals surface area contributed by atoms with Crippen LogP contribution in [0.2, 0.25) is 5.02 Å². The Kier molecular flexibility index (Phi) is 6.64. The van der Waals surface area contributed by atoms with E-state index in [1.165, 1.54) is 0 Å². The molecule has 1 atom stereocenters. The van der Waals surface area contributed by atoms with E-state index in [-0.39, 0.29) is 0 Å². The van der Waals surface area contributed by atoms with Crippen molar-refractivity contribution in [3.63, 3.8) is 0 Å². The Morgan fingerprint density at radius 3 is 2.83 bits per heavy atom. The molecule has 0 saturated heterocycles. The molecule has 2 nitrogen and oxygen atoms in total. The molecule has 1 unspecified atom stereocenters. The molecule has 0 aliphatic carbocycles. The van der Waals surface area contributed by atoms with Crippen molar-refractivity contribution in [2.45, 2.75) is 38.7 Å². The molecule has 0 aliphatic rings. The highest BCUT2D eigenvalue weighted by Crippen LogP contribution is 2.21. The summed E-state index contributed by atoms with van der Waals surface area (Å²) >= 11 is 5.91. The lowest BCUT2D eigenvalue weighted by Gasteiger charge is -2.04. The lowest BCUT2D eigenvalue weighted by atomic mass is 10.1. The van der Waals surface area contributed by atoms with Gasteiger partial charge in [-0.05, 0) is 31.0 Å². The van der Waals surface area contributed by atoms with E-state index < -0.39 is 6.10 Å². The van der Waals surface area contributed by atoms with Crippen LogP contribution in [0.5, 0.6) is 5.75 Å². The van der Waals surface area contributed by atoms with E-state index in [2.05, 4.69) is 18.8 Å². The molecule has 0 radical (unpaired) electrons. The van der Waals surface area contributed by atoms with E-state index in [9.17, 15) is 5.11 Å². The topological polar surface area (TPSA) is 29.5 Å². The third kappa shape index (κ3) is 5.00. The van der Waals surface area contributed by atoms with Gasteiger partial charge in [0.15, 0.2) is 0 Å². The fourth-order valence-corrected chi connectivity index (χ4v) is 1.77. The van der Waals surface area contributed by atoms with Gasteiger partial charge in [0.2, 0.25) is 0 Å². The van der Waals surface area contributed by atoms with Gasteiger partial charge in [-0.3, -0.25) is 0 Å². The number of methoxy groups -OCH3 is 1. The Balaban J connectivity index is 2.69. The maximum absolute atomic E-state index is 9.72. The quantitative estimate of drug-likeness (QED) is 0.651. The number of hydrogen-bond acceptors (Lipinski definition) is 2. The van der Waals surface area contributed by atoms with Crippen LogP contribution < -0.4 is 4.74 Å². The molecule has 0 aliphatic heterocycles. The molecule has 0 aromatic heterocycles. The number of aliphatic hydroxyl groups excluding tert-OH is 1. The van der Waals surface area contributed by atoms with E-state index in [1.54, 1.807) is 25.3 Å².